The maximum absolute atomic E-state index is 11.6. The number of amides is 1. The molecule has 0 saturated carbocycles. The Morgan fingerprint density at radius 2 is 2.04 bits per heavy atom. The second-order valence-electron chi connectivity index (χ2n) is 6.76. The zero-order valence-corrected chi connectivity index (χ0v) is 13.3. The van der Waals surface area contributed by atoms with Crippen molar-refractivity contribution in [2.75, 3.05) is 6.54 Å². The lowest BCUT2D eigenvalue weighted by molar-refractivity contribution is 0.0700. The molecular formula is C18H23N3O2. The first-order chi connectivity index (χ1) is 11.2. The van der Waals surface area contributed by atoms with Crippen LogP contribution in [-0.2, 0) is 0 Å². The van der Waals surface area contributed by atoms with Gasteiger partial charge in [0.2, 0.25) is 5.89 Å². The fraction of sp³-hybridized carbons (Fsp3) is 0.556. The number of fused-ring (bicyclic) bond motifs is 2. The molecule has 4 rings (SSSR count). The molecule has 3 heterocycles. The number of nitrogens with zero attached hydrogens (tertiary/aromatic N) is 2. The normalized spacial score (nSPS) is 25.9. The van der Waals surface area contributed by atoms with Crippen LogP contribution in [0.1, 0.15) is 67.2 Å². The Kier molecular flexibility index (Phi) is 3.81. The molecule has 5 heteroatoms. The Hall–Kier alpha value is -1.88. The first kappa shape index (κ1) is 14.7. The zero-order chi connectivity index (χ0) is 15.8. The molecule has 2 atom stereocenters. The van der Waals surface area contributed by atoms with Gasteiger partial charge in [-0.05, 0) is 50.8 Å². The summed E-state index contributed by atoms with van der Waals surface area (Å²) in [4.78, 5) is 18.9. The Balaban J connectivity index is 1.72. The molecular weight excluding hydrogens is 290 g/mol. The lowest BCUT2D eigenvalue weighted by Crippen LogP contribution is -2.41. The summed E-state index contributed by atoms with van der Waals surface area (Å²) < 4.78 is 6.03. The predicted molar refractivity (Wildman–Crippen MR) is 88.1 cm³/mol. The second-order valence-corrected chi connectivity index (χ2v) is 6.76. The predicted octanol–water partition coefficient (Wildman–Crippen LogP) is 3.40. The summed E-state index contributed by atoms with van der Waals surface area (Å²) in [5.74, 6) is 0.298. The van der Waals surface area contributed by atoms with E-state index in [2.05, 4.69) is 9.88 Å². The van der Waals surface area contributed by atoms with Crippen molar-refractivity contribution in [3.8, 4) is 0 Å². The van der Waals surface area contributed by atoms with Gasteiger partial charge in [0, 0.05) is 6.04 Å². The monoisotopic (exact) mass is 313 g/mol. The molecule has 2 fully saturated rings. The Morgan fingerprint density at radius 3 is 2.91 bits per heavy atom. The molecule has 1 amide bonds. The molecule has 2 aliphatic heterocycles. The summed E-state index contributed by atoms with van der Waals surface area (Å²) in [5, 5.41) is 0. The molecule has 2 unspecified atom stereocenters. The van der Waals surface area contributed by atoms with Crippen molar-refractivity contribution in [1.82, 2.24) is 9.88 Å². The van der Waals surface area contributed by atoms with Gasteiger partial charge in [-0.1, -0.05) is 18.9 Å². The summed E-state index contributed by atoms with van der Waals surface area (Å²) in [6.07, 6.45) is 8.75. The van der Waals surface area contributed by atoms with Crippen LogP contribution in [-0.4, -0.2) is 28.4 Å². The van der Waals surface area contributed by atoms with Crippen LogP contribution in [0.2, 0.25) is 0 Å². The zero-order valence-electron chi connectivity index (χ0n) is 13.3. The van der Waals surface area contributed by atoms with Crippen molar-refractivity contribution in [3.63, 3.8) is 0 Å². The summed E-state index contributed by atoms with van der Waals surface area (Å²) in [7, 11) is 0. The number of primary amides is 1. The lowest BCUT2D eigenvalue weighted by Gasteiger charge is -2.39. The molecule has 0 bridgehead atoms. The van der Waals surface area contributed by atoms with E-state index in [0.29, 0.717) is 22.7 Å². The molecule has 5 nitrogen and oxygen atoms in total. The van der Waals surface area contributed by atoms with Crippen LogP contribution in [0.25, 0.3) is 11.1 Å². The molecule has 2 aliphatic rings. The van der Waals surface area contributed by atoms with Crippen LogP contribution in [0.3, 0.4) is 0 Å². The number of hydrogen-bond donors (Lipinski definition) is 1. The van der Waals surface area contributed by atoms with Crippen molar-refractivity contribution in [1.29, 1.82) is 0 Å². The summed E-state index contributed by atoms with van der Waals surface area (Å²) in [6.45, 7) is 1.12. The van der Waals surface area contributed by atoms with Gasteiger partial charge in [-0.3, -0.25) is 9.69 Å². The number of nitrogens with two attached hydrogens (primary N) is 1. The molecule has 1 aromatic carbocycles. The third kappa shape index (κ3) is 2.63. The fourth-order valence-electron chi connectivity index (χ4n) is 4.21. The molecule has 1 aromatic heterocycles. The van der Waals surface area contributed by atoms with E-state index in [1.807, 2.05) is 6.07 Å². The maximum atomic E-state index is 11.6. The minimum absolute atomic E-state index is 0.236. The molecule has 0 aliphatic carbocycles. The molecule has 2 saturated heterocycles. The van der Waals surface area contributed by atoms with Crippen LogP contribution in [0.15, 0.2) is 22.6 Å². The van der Waals surface area contributed by atoms with E-state index in [1.165, 1.54) is 38.5 Å². The largest absolute Gasteiger partial charge is 0.439 e. The summed E-state index contributed by atoms with van der Waals surface area (Å²) >= 11 is 0. The molecule has 2 aromatic rings. The van der Waals surface area contributed by atoms with Gasteiger partial charge in [0.15, 0.2) is 5.58 Å². The molecule has 2 N–H and O–H groups in total. The van der Waals surface area contributed by atoms with Crippen molar-refractivity contribution in [2.24, 2.45) is 5.73 Å². The highest BCUT2D eigenvalue weighted by molar-refractivity contribution is 6.03. The van der Waals surface area contributed by atoms with Crippen LogP contribution in [0.4, 0.5) is 0 Å². The summed E-state index contributed by atoms with van der Waals surface area (Å²) in [5.41, 5.74) is 7.17. The Bertz CT molecular complexity index is 724. The number of para-hydroxylation sites is 1. The van der Waals surface area contributed by atoms with Crippen LogP contribution >= 0.6 is 0 Å². The third-order valence-electron chi connectivity index (χ3n) is 5.32. The van der Waals surface area contributed by atoms with Gasteiger partial charge < -0.3 is 10.2 Å². The number of benzene rings is 1. The van der Waals surface area contributed by atoms with Gasteiger partial charge >= 0.3 is 0 Å². The van der Waals surface area contributed by atoms with E-state index in [0.717, 1.165) is 18.9 Å². The molecule has 0 spiro atoms. The Labute approximate surface area is 135 Å². The van der Waals surface area contributed by atoms with Crippen LogP contribution < -0.4 is 5.73 Å². The van der Waals surface area contributed by atoms with Gasteiger partial charge in [-0.25, -0.2) is 4.98 Å². The number of carbonyl (C=O) groups excluding carboxylic acids is 1. The highest BCUT2D eigenvalue weighted by Gasteiger charge is 2.35. The van der Waals surface area contributed by atoms with E-state index in [9.17, 15) is 4.79 Å². The molecule has 122 valence electrons. The van der Waals surface area contributed by atoms with Gasteiger partial charge in [0.05, 0.1) is 11.6 Å². The first-order valence-corrected chi connectivity index (χ1v) is 8.69. The van der Waals surface area contributed by atoms with Crippen molar-refractivity contribution < 1.29 is 9.21 Å². The van der Waals surface area contributed by atoms with E-state index in [1.54, 1.807) is 12.1 Å². The highest BCUT2D eigenvalue weighted by atomic mass is 16.3. The minimum Gasteiger partial charge on any atom is -0.439 e. The van der Waals surface area contributed by atoms with E-state index in [4.69, 9.17) is 10.2 Å². The summed E-state index contributed by atoms with van der Waals surface area (Å²) in [6, 6.07) is 6.27. The standard InChI is InChI=1S/C18H23N3O2/c19-17(22)13-8-5-10-15-16(13)20-18(23-15)14-9-4-7-12-6-2-1-3-11-21(12)14/h5,8,10,12,14H,1-4,6-7,9,11H2,(H2,19,22). The molecule has 23 heavy (non-hydrogen) atoms. The van der Waals surface area contributed by atoms with E-state index in [-0.39, 0.29) is 6.04 Å². The minimum atomic E-state index is -0.452. The van der Waals surface area contributed by atoms with Crippen molar-refractivity contribution in [2.45, 2.75) is 57.0 Å². The average Bonchev–Trinajstić information content (AvgIpc) is 2.84. The van der Waals surface area contributed by atoms with Crippen molar-refractivity contribution in [3.05, 3.63) is 29.7 Å². The van der Waals surface area contributed by atoms with E-state index >= 15 is 0 Å². The average molecular weight is 313 g/mol. The number of hydrogen-bond acceptors (Lipinski definition) is 4. The molecule has 0 radical (unpaired) electrons. The van der Waals surface area contributed by atoms with Gasteiger partial charge in [0.1, 0.15) is 5.52 Å². The van der Waals surface area contributed by atoms with Crippen LogP contribution in [0.5, 0.6) is 0 Å². The number of oxazole rings is 1. The Morgan fingerprint density at radius 1 is 1.17 bits per heavy atom. The third-order valence-corrected chi connectivity index (χ3v) is 5.32. The number of piperidine rings is 1. The smallest absolute Gasteiger partial charge is 0.251 e. The van der Waals surface area contributed by atoms with Gasteiger partial charge in [0.25, 0.3) is 5.91 Å². The highest BCUT2D eigenvalue weighted by Crippen LogP contribution is 2.38. The first-order valence-electron chi connectivity index (χ1n) is 8.69. The lowest BCUT2D eigenvalue weighted by atomic mass is 9.93. The number of aromatic nitrogens is 1. The number of carbonyl (C=O) groups is 1. The van der Waals surface area contributed by atoms with Crippen molar-refractivity contribution >= 4 is 17.0 Å². The van der Waals surface area contributed by atoms with Crippen LogP contribution in [0, 0.1) is 0 Å². The van der Waals surface area contributed by atoms with E-state index < -0.39 is 5.91 Å². The fourth-order valence-corrected chi connectivity index (χ4v) is 4.21. The topological polar surface area (TPSA) is 72.4 Å². The second kappa shape index (κ2) is 5.96. The van der Waals surface area contributed by atoms with Gasteiger partial charge in [-0.2, -0.15) is 0 Å². The number of rotatable bonds is 2. The SMILES string of the molecule is NC(=O)c1cccc2oc(C3CCCC4CCCCCN43)nc12. The van der Waals surface area contributed by atoms with Gasteiger partial charge in [-0.15, -0.1) is 0 Å². The maximum Gasteiger partial charge on any atom is 0.251 e. The quantitative estimate of drug-likeness (QED) is 0.922.